The van der Waals surface area contributed by atoms with E-state index in [9.17, 15) is 8.42 Å². The number of nitrogens with two attached hydrogens (primary N) is 1. The summed E-state index contributed by atoms with van der Waals surface area (Å²) < 4.78 is 24.4. The quantitative estimate of drug-likeness (QED) is 0.858. The molecule has 0 radical (unpaired) electrons. The molecule has 0 saturated heterocycles. The summed E-state index contributed by atoms with van der Waals surface area (Å²) in [6.45, 7) is 2.58. The molecule has 20 heavy (non-hydrogen) atoms. The highest BCUT2D eigenvalue weighted by Gasteiger charge is 2.10. The molecule has 7 heteroatoms. The van der Waals surface area contributed by atoms with Crippen molar-refractivity contribution in [1.29, 1.82) is 0 Å². The maximum Gasteiger partial charge on any atom is 0.238 e. The van der Waals surface area contributed by atoms with Crippen molar-refractivity contribution in [2.75, 3.05) is 0 Å². The fourth-order valence-corrected chi connectivity index (χ4v) is 2.60. The zero-order valence-corrected chi connectivity index (χ0v) is 12.3. The van der Waals surface area contributed by atoms with Gasteiger partial charge in [-0.05, 0) is 30.7 Å². The number of primary sulfonamides is 1. The summed E-state index contributed by atoms with van der Waals surface area (Å²) in [5.41, 5.74) is 1.93. The highest BCUT2D eigenvalue weighted by Crippen LogP contribution is 2.13. The van der Waals surface area contributed by atoms with Gasteiger partial charge in [0.05, 0.1) is 10.6 Å². The Morgan fingerprint density at radius 2 is 2.15 bits per heavy atom. The van der Waals surface area contributed by atoms with E-state index in [-0.39, 0.29) is 10.9 Å². The van der Waals surface area contributed by atoms with E-state index < -0.39 is 10.0 Å². The molecule has 0 bridgehead atoms. The Labute approximate surface area is 118 Å². The van der Waals surface area contributed by atoms with Crippen LogP contribution in [0.5, 0.6) is 0 Å². The lowest BCUT2D eigenvalue weighted by atomic mass is 10.2. The third-order valence-corrected chi connectivity index (χ3v) is 4.05. The number of nitrogens with zero attached hydrogens (tertiary/aromatic N) is 2. The van der Waals surface area contributed by atoms with E-state index in [0.29, 0.717) is 6.54 Å². The van der Waals surface area contributed by atoms with Crippen LogP contribution in [0.4, 0.5) is 0 Å². The number of sulfonamides is 1. The second-order valence-corrected chi connectivity index (χ2v) is 6.24. The van der Waals surface area contributed by atoms with Gasteiger partial charge in [-0.15, -0.1) is 0 Å². The minimum atomic E-state index is -3.66. The van der Waals surface area contributed by atoms with Gasteiger partial charge in [0.25, 0.3) is 0 Å². The summed E-state index contributed by atoms with van der Waals surface area (Å²) in [5, 5.41) is 12.6. The molecule has 108 valence electrons. The van der Waals surface area contributed by atoms with Crippen molar-refractivity contribution in [3.8, 4) is 0 Å². The molecule has 1 atom stereocenters. The summed E-state index contributed by atoms with van der Waals surface area (Å²) in [6, 6.07) is 8.67. The largest absolute Gasteiger partial charge is 0.305 e. The van der Waals surface area contributed by atoms with E-state index >= 15 is 0 Å². The number of benzene rings is 1. The van der Waals surface area contributed by atoms with Gasteiger partial charge >= 0.3 is 0 Å². The summed E-state index contributed by atoms with van der Waals surface area (Å²) >= 11 is 0. The lowest BCUT2D eigenvalue weighted by Crippen LogP contribution is -2.21. The number of aromatic nitrogens is 2. The second kappa shape index (κ2) is 5.74. The molecule has 1 heterocycles. The zero-order valence-electron chi connectivity index (χ0n) is 11.4. The fraction of sp³-hybridized carbons (Fsp3) is 0.308. The van der Waals surface area contributed by atoms with E-state index in [2.05, 4.69) is 10.4 Å². The predicted molar refractivity (Wildman–Crippen MR) is 76.3 cm³/mol. The number of hydrogen-bond donors (Lipinski definition) is 2. The van der Waals surface area contributed by atoms with Gasteiger partial charge in [0.15, 0.2) is 0 Å². The zero-order chi connectivity index (χ0) is 14.8. The normalized spacial score (nSPS) is 13.3. The first-order valence-corrected chi connectivity index (χ1v) is 7.75. The molecule has 1 aromatic carbocycles. The Morgan fingerprint density at radius 3 is 2.75 bits per heavy atom. The van der Waals surface area contributed by atoms with Crippen LogP contribution in [0.25, 0.3) is 0 Å². The second-order valence-electron chi connectivity index (χ2n) is 4.67. The molecule has 2 aromatic rings. The molecule has 6 nitrogen and oxygen atoms in total. The van der Waals surface area contributed by atoms with Gasteiger partial charge in [0.1, 0.15) is 0 Å². The van der Waals surface area contributed by atoms with Crippen molar-refractivity contribution in [3.63, 3.8) is 0 Å². The maximum atomic E-state index is 11.3. The maximum absolute atomic E-state index is 11.3. The fourth-order valence-electron chi connectivity index (χ4n) is 2.02. The van der Waals surface area contributed by atoms with Gasteiger partial charge in [0.2, 0.25) is 10.0 Å². The van der Waals surface area contributed by atoms with E-state index in [0.717, 1.165) is 11.3 Å². The number of aryl methyl sites for hydroxylation is 1. The molecule has 2 rings (SSSR count). The van der Waals surface area contributed by atoms with Crippen LogP contribution in [-0.4, -0.2) is 18.2 Å². The first kappa shape index (κ1) is 14.7. The van der Waals surface area contributed by atoms with Gasteiger partial charge in [-0.2, -0.15) is 5.10 Å². The van der Waals surface area contributed by atoms with Gasteiger partial charge < -0.3 is 5.32 Å². The predicted octanol–water partition coefficient (Wildman–Crippen LogP) is 0.918. The molecule has 0 fully saturated rings. The van der Waals surface area contributed by atoms with Gasteiger partial charge in [-0.1, -0.05) is 12.1 Å². The Morgan fingerprint density at radius 1 is 1.40 bits per heavy atom. The first-order chi connectivity index (χ1) is 9.38. The minimum Gasteiger partial charge on any atom is -0.305 e. The van der Waals surface area contributed by atoms with Crippen molar-refractivity contribution < 1.29 is 8.42 Å². The minimum absolute atomic E-state index is 0.112. The van der Waals surface area contributed by atoms with Crippen LogP contribution in [0.1, 0.15) is 24.2 Å². The first-order valence-electron chi connectivity index (χ1n) is 6.21. The summed E-state index contributed by atoms with van der Waals surface area (Å²) in [6.07, 6.45) is 1.75. The molecule has 1 aromatic heterocycles. The van der Waals surface area contributed by atoms with Crippen molar-refractivity contribution in [2.24, 2.45) is 12.2 Å². The lowest BCUT2D eigenvalue weighted by molar-refractivity contribution is 0.529. The van der Waals surface area contributed by atoms with Crippen LogP contribution in [0, 0.1) is 0 Å². The van der Waals surface area contributed by atoms with Crippen molar-refractivity contribution in [3.05, 3.63) is 47.8 Å². The van der Waals surface area contributed by atoms with E-state index in [1.54, 1.807) is 23.0 Å². The van der Waals surface area contributed by atoms with Crippen LogP contribution in [0.3, 0.4) is 0 Å². The Balaban J connectivity index is 2.06. The average Bonchev–Trinajstić information content (AvgIpc) is 2.82. The topological polar surface area (TPSA) is 90.0 Å². The van der Waals surface area contributed by atoms with E-state index in [1.807, 2.05) is 26.1 Å². The average molecular weight is 294 g/mol. The van der Waals surface area contributed by atoms with E-state index in [4.69, 9.17) is 5.14 Å². The summed E-state index contributed by atoms with van der Waals surface area (Å²) in [7, 11) is -1.77. The number of rotatable bonds is 5. The molecular formula is C13H18N4O2S. The van der Waals surface area contributed by atoms with Crippen LogP contribution in [0.15, 0.2) is 41.4 Å². The molecule has 3 N–H and O–H groups in total. The SMILES string of the molecule is CC(NCc1cccc(S(N)(=O)=O)c1)c1ccnn1C. The smallest absolute Gasteiger partial charge is 0.238 e. The Kier molecular flexibility index (Phi) is 4.22. The van der Waals surface area contributed by atoms with E-state index in [1.165, 1.54) is 6.07 Å². The third-order valence-electron chi connectivity index (χ3n) is 3.14. The van der Waals surface area contributed by atoms with Crippen LogP contribution < -0.4 is 10.5 Å². The summed E-state index contributed by atoms with van der Waals surface area (Å²) in [4.78, 5) is 0.130. The van der Waals surface area contributed by atoms with Crippen molar-refractivity contribution in [1.82, 2.24) is 15.1 Å². The monoisotopic (exact) mass is 294 g/mol. The molecule has 1 unspecified atom stereocenters. The molecule has 0 aliphatic carbocycles. The Bertz CT molecular complexity index is 694. The van der Waals surface area contributed by atoms with Crippen LogP contribution in [0.2, 0.25) is 0 Å². The van der Waals surface area contributed by atoms with Crippen molar-refractivity contribution in [2.45, 2.75) is 24.4 Å². The highest BCUT2D eigenvalue weighted by molar-refractivity contribution is 7.89. The highest BCUT2D eigenvalue weighted by atomic mass is 32.2. The third kappa shape index (κ3) is 3.44. The number of hydrogen-bond acceptors (Lipinski definition) is 4. The molecule has 0 saturated carbocycles. The summed E-state index contributed by atoms with van der Waals surface area (Å²) in [5.74, 6) is 0. The van der Waals surface area contributed by atoms with Crippen LogP contribution >= 0.6 is 0 Å². The lowest BCUT2D eigenvalue weighted by Gasteiger charge is -2.14. The van der Waals surface area contributed by atoms with Gasteiger partial charge in [-0.25, -0.2) is 13.6 Å². The molecule has 0 amide bonds. The van der Waals surface area contributed by atoms with Gasteiger partial charge in [0, 0.05) is 25.8 Å². The van der Waals surface area contributed by atoms with Crippen LogP contribution in [-0.2, 0) is 23.6 Å². The standard InChI is InChI=1S/C13H18N4O2S/c1-10(13-6-7-16-17(13)2)15-9-11-4-3-5-12(8-11)20(14,18)19/h3-8,10,15H,9H2,1-2H3,(H2,14,18,19). The molecule has 0 aliphatic heterocycles. The van der Waals surface area contributed by atoms with Crippen molar-refractivity contribution >= 4 is 10.0 Å². The molecule has 0 aliphatic rings. The Hall–Kier alpha value is -1.70. The molecular weight excluding hydrogens is 276 g/mol. The molecule has 0 spiro atoms. The van der Waals surface area contributed by atoms with Gasteiger partial charge in [-0.3, -0.25) is 4.68 Å². The number of nitrogens with one attached hydrogen (secondary N) is 1.